The van der Waals surface area contributed by atoms with E-state index in [1.807, 2.05) is 0 Å². The Labute approximate surface area is 268 Å². The highest BCUT2D eigenvalue weighted by Gasteiger charge is 2.23. The summed E-state index contributed by atoms with van der Waals surface area (Å²) in [6, 6.07) is 57.6. The van der Waals surface area contributed by atoms with Gasteiger partial charge in [-0.2, -0.15) is 0 Å². The Morgan fingerprint density at radius 1 is 0.370 bits per heavy atom. The molecular weight excluding hydrogens is 555 g/mol. The molecule has 0 fully saturated rings. The van der Waals surface area contributed by atoms with Gasteiger partial charge in [0, 0.05) is 27.5 Å². The number of anilines is 3. The summed E-state index contributed by atoms with van der Waals surface area (Å²) in [6.45, 7) is 2.15. The van der Waals surface area contributed by atoms with Gasteiger partial charge in [-0.3, -0.25) is 0 Å². The van der Waals surface area contributed by atoms with Crippen molar-refractivity contribution in [2.45, 2.75) is 6.92 Å². The van der Waals surface area contributed by atoms with E-state index in [0.717, 1.165) is 11.4 Å². The predicted octanol–water partition coefficient (Wildman–Crippen LogP) is 12.8. The first kappa shape index (κ1) is 26.5. The van der Waals surface area contributed by atoms with Crippen molar-refractivity contribution in [3.8, 4) is 0 Å². The second-order valence-corrected chi connectivity index (χ2v) is 12.2. The third-order valence-corrected chi connectivity index (χ3v) is 9.42. The SMILES string of the molecule is Cc1ccc(N(c2ccc(/C=C/c3ccccc3)cc2)c2c3ccccc3c3c4cccc5cccc(c6cccc2c63)c54)cc1. The topological polar surface area (TPSA) is 3.24 Å². The molecule has 0 radical (unpaired) electrons. The minimum Gasteiger partial charge on any atom is -0.309 e. The molecule has 0 amide bonds. The minimum atomic E-state index is 1.13. The van der Waals surface area contributed by atoms with E-state index in [-0.39, 0.29) is 0 Å². The second-order valence-electron chi connectivity index (χ2n) is 12.2. The fraction of sp³-hybridized carbons (Fsp3) is 0.0222. The Kier molecular flexibility index (Phi) is 6.11. The lowest BCUT2D eigenvalue weighted by Gasteiger charge is -2.30. The van der Waals surface area contributed by atoms with Gasteiger partial charge in [0.15, 0.2) is 0 Å². The molecule has 0 spiro atoms. The molecule has 216 valence electrons. The van der Waals surface area contributed by atoms with E-state index < -0.39 is 0 Å². The van der Waals surface area contributed by atoms with Gasteiger partial charge in [0.1, 0.15) is 0 Å². The lowest BCUT2D eigenvalue weighted by Crippen LogP contribution is -2.11. The van der Waals surface area contributed by atoms with E-state index in [0.29, 0.717) is 0 Å². The van der Waals surface area contributed by atoms with Crippen LogP contribution in [0.5, 0.6) is 0 Å². The van der Waals surface area contributed by atoms with Gasteiger partial charge in [0.25, 0.3) is 0 Å². The van der Waals surface area contributed by atoms with Crippen molar-refractivity contribution < 1.29 is 0 Å². The quantitative estimate of drug-likeness (QED) is 0.110. The minimum absolute atomic E-state index is 1.13. The lowest BCUT2D eigenvalue weighted by molar-refractivity contribution is 1.30. The summed E-state index contributed by atoms with van der Waals surface area (Å²) in [6.07, 6.45) is 4.36. The maximum Gasteiger partial charge on any atom is 0.0619 e. The van der Waals surface area contributed by atoms with Crippen molar-refractivity contribution in [1.29, 1.82) is 0 Å². The average molecular weight is 586 g/mol. The van der Waals surface area contributed by atoms with Gasteiger partial charge in [0.05, 0.1) is 5.69 Å². The first-order valence-corrected chi connectivity index (χ1v) is 15.9. The Bertz CT molecular complexity index is 2550. The number of rotatable bonds is 5. The fourth-order valence-electron chi connectivity index (χ4n) is 7.32. The molecule has 0 bridgehead atoms. The van der Waals surface area contributed by atoms with Gasteiger partial charge in [0.2, 0.25) is 0 Å². The molecule has 9 aromatic carbocycles. The zero-order valence-electron chi connectivity index (χ0n) is 25.6. The monoisotopic (exact) mass is 585 g/mol. The zero-order valence-corrected chi connectivity index (χ0v) is 25.6. The van der Waals surface area contributed by atoms with Crippen LogP contribution in [0.15, 0.2) is 158 Å². The zero-order chi connectivity index (χ0) is 30.6. The summed E-state index contributed by atoms with van der Waals surface area (Å²) in [5.41, 5.74) is 7.09. The van der Waals surface area contributed by atoms with Crippen LogP contribution in [0.3, 0.4) is 0 Å². The van der Waals surface area contributed by atoms with E-state index in [1.54, 1.807) is 0 Å². The first-order chi connectivity index (χ1) is 22.7. The van der Waals surface area contributed by atoms with Gasteiger partial charge in [-0.25, -0.2) is 0 Å². The molecule has 0 aliphatic carbocycles. The van der Waals surface area contributed by atoms with Gasteiger partial charge < -0.3 is 4.90 Å². The molecule has 0 aliphatic rings. The van der Waals surface area contributed by atoms with Crippen LogP contribution in [-0.2, 0) is 0 Å². The molecule has 0 aliphatic heterocycles. The van der Waals surface area contributed by atoms with Gasteiger partial charge in [-0.1, -0.05) is 151 Å². The summed E-state index contributed by atoms with van der Waals surface area (Å²) < 4.78 is 0. The molecule has 0 heterocycles. The molecular formula is C45H31N. The van der Waals surface area contributed by atoms with Crippen LogP contribution in [0.25, 0.3) is 66.0 Å². The smallest absolute Gasteiger partial charge is 0.0619 e. The highest BCUT2D eigenvalue weighted by atomic mass is 15.1. The number of benzene rings is 9. The van der Waals surface area contributed by atoms with Crippen LogP contribution >= 0.6 is 0 Å². The molecule has 0 saturated heterocycles. The molecule has 0 saturated carbocycles. The Balaban J connectivity index is 1.35. The van der Waals surface area contributed by atoms with Gasteiger partial charge in [-0.15, -0.1) is 0 Å². The summed E-state index contributed by atoms with van der Waals surface area (Å²) in [4.78, 5) is 2.45. The van der Waals surface area contributed by atoms with E-state index in [9.17, 15) is 0 Å². The summed E-state index contributed by atoms with van der Waals surface area (Å²) >= 11 is 0. The molecule has 9 aromatic rings. The van der Waals surface area contributed by atoms with E-state index >= 15 is 0 Å². The number of aryl methyl sites for hydroxylation is 1. The van der Waals surface area contributed by atoms with E-state index in [1.165, 1.54) is 76.2 Å². The third kappa shape index (κ3) is 4.17. The molecule has 0 N–H and O–H groups in total. The summed E-state index contributed by atoms with van der Waals surface area (Å²) in [5, 5.41) is 13.0. The Morgan fingerprint density at radius 3 is 1.57 bits per heavy atom. The Morgan fingerprint density at radius 2 is 0.848 bits per heavy atom. The van der Waals surface area contributed by atoms with E-state index in [4.69, 9.17) is 0 Å². The predicted molar refractivity (Wildman–Crippen MR) is 200 cm³/mol. The highest BCUT2D eigenvalue weighted by Crippen LogP contribution is 2.50. The molecule has 0 aromatic heterocycles. The number of fused-ring (bicyclic) bond motifs is 4. The van der Waals surface area contributed by atoms with Crippen LogP contribution < -0.4 is 4.90 Å². The van der Waals surface area contributed by atoms with Crippen molar-refractivity contribution in [3.63, 3.8) is 0 Å². The van der Waals surface area contributed by atoms with Crippen LogP contribution in [-0.4, -0.2) is 0 Å². The molecule has 46 heavy (non-hydrogen) atoms. The number of hydrogen-bond acceptors (Lipinski definition) is 1. The highest BCUT2D eigenvalue weighted by molar-refractivity contribution is 6.40. The molecule has 0 unspecified atom stereocenters. The molecule has 9 rings (SSSR count). The van der Waals surface area contributed by atoms with Crippen molar-refractivity contribution in [2.75, 3.05) is 4.90 Å². The van der Waals surface area contributed by atoms with E-state index in [2.05, 4.69) is 182 Å². The molecule has 1 heteroatoms. The number of nitrogens with zero attached hydrogens (tertiary/aromatic N) is 1. The summed E-state index contributed by atoms with van der Waals surface area (Å²) in [7, 11) is 0. The van der Waals surface area contributed by atoms with Gasteiger partial charge >= 0.3 is 0 Å². The van der Waals surface area contributed by atoms with Crippen LogP contribution in [0.4, 0.5) is 17.1 Å². The third-order valence-electron chi connectivity index (χ3n) is 9.42. The van der Waals surface area contributed by atoms with Crippen molar-refractivity contribution in [3.05, 3.63) is 174 Å². The van der Waals surface area contributed by atoms with Crippen LogP contribution in [0.2, 0.25) is 0 Å². The lowest BCUT2D eigenvalue weighted by atomic mass is 9.86. The Hall–Kier alpha value is -5.92. The first-order valence-electron chi connectivity index (χ1n) is 15.9. The average Bonchev–Trinajstić information content (AvgIpc) is 3.11. The van der Waals surface area contributed by atoms with Crippen molar-refractivity contribution in [2.24, 2.45) is 0 Å². The molecule has 1 nitrogen and oxygen atoms in total. The number of hydrogen-bond donors (Lipinski definition) is 0. The largest absolute Gasteiger partial charge is 0.309 e. The fourth-order valence-corrected chi connectivity index (χ4v) is 7.32. The van der Waals surface area contributed by atoms with Crippen molar-refractivity contribution >= 4 is 83.1 Å². The van der Waals surface area contributed by atoms with Crippen molar-refractivity contribution in [1.82, 2.24) is 0 Å². The standard InChI is InChI=1S/C45H31N/c1-30-20-26-34(27-21-30)46(35-28-24-32(25-29-35)23-22-31-10-3-2-4-11-31)45-39-15-6-5-14-38(39)43-40-18-8-13-33-12-7-16-36(42(33)40)37-17-9-19-41(45)44(37)43/h2-29H,1H3/b23-22+. The maximum atomic E-state index is 2.45. The second kappa shape index (κ2) is 10.6. The normalized spacial score (nSPS) is 11.9. The van der Waals surface area contributed by atoms with Crippen LogP contribution in [0, 0.1) is 6.92 Å². The van der Waals surface area contributed by atoms with Gasteiger partial charge in [-0.05, 0) is 80.0 Å². The van der Waals surface area contributed by atoms with Crippen LogP contribution in [0.1, 0.15) is 16.7 Å². The molecule has 0 atom stereocenters. The summed E-state index contributed by atoms with van der Waals surface area (Å²) in [5.74, 6) is 0. The maximum absolute atomic E-state index is 2.45.